The second kappa shape index (κ2) is 10.3. The standard InChI is InChI=1S/C31H23BrN2O4S/c1-3-37-30(36)27-18(2)33-31-34(28(27)24-10-6-8-19-7-4-5-9-23(19)24)29(35)26(39-31)17-22-15-16-25(38-22)20-11-13-21(32)14-12-20/h4-17,28H,3H2,1-2H3. The molecule has 6 nitrogen and oxygen atoms in total. The summed E-state index contributed by atoms with van der Waals surface area (Å²) < 4.78 is 14.5. The zero-order valence-corrected chi connectivity index (χ0v) is 23.6. The Morgan fingerprint density at radius 3 is 2.64 bits per heavy atom. The van der Waals surface area contributed by atoms with Crippen LogP contribution in [0.15, 0.2) is 109 Å². The number of carbonyl (C=O) groups is 1. The Labute approximate surface area is 236 Å². The molecule has 0 fully saturated rings. The molecule has 2 aromatic heterocycles. The van der Waals surface area contributed by atoms with Crippen molar-refractivity contribution >= 4 is 50.1 Å². The van der Waals surface area contributed by atoms with E-state index in [1.54, 1.807) is 24.5 Å². The molecule has 39 heavy (non-hydrogen) atoms. The molecule has 0 bridgehead atoms. The zero-order chi connectivity index (χ0) is 27.1. The molecule has 0 amide bonds. The van der Waals surface area contributed by atoms with Crippen molar-refractivity contribution in [2.75, 3.05) is 6.61 Å². The van der Waals surface area contributed by atoms with Gasteiger partial charge in [-0.15, -0.1) is 0 Å². The lowest BCUT2D eigenvalue weighted by molar-refractivity contribution is -0.139. The summed E-state index contributed by atoms with van der Waals surface area (Å²) in [6.07, 6.45) is 1.73. The van der Waals surface area contributed by atoms with Crippen molar-refractivity contribution in [1.29, 1.82) is 0 Å². The van der Waals surface area contributed by atoms with Crippen LogP contribution in [0.1, 0.15) is 31.2 Å². The summed E-state index contributed by atoms with van der Waals surface area (Å²) >= 11 is 4.72. The highest BCUT2D eigenvalue weighted by Gasteiger charge is 2.34. The van der Waals surface area contributed by atoms with E-state index in [2.05, 4.69) is 20.9 Å². The van der Waals surface area contributed by atoms with Crippen LogP contribution in [-0.2, 0) is 9.53 Å². The summed E-state index contributed by atoms with van der Waals surface area (Å²) in [4.78, 5) is 32.4. The predicted octanol–water partition coefficient (Wildman–Crippen LogP) is 5.97. The van der Waals surface area contributed by atoms with E-state index in [0.717, 1.165) is 26.4 Å². The quantitative estimate of drug-likeness (QED) is 0.233. The smallest absolute Gasteiger partial charge is 0.338 e. The number of carbonyl (C=O) groups excluding carboxylic acids is 1. The van der Waals surface area contributed by atoms with Crippen molar-refractivity contribution in [3.05, 3.63) is 126 Å². The first kappa shape index (κ1) is 25.3. The largest absolute Gasteiger partial charge is 0.463 e. The molecule has 3 heterocycles. The van der Waals surface area contributed by atoms with E-state index in [1.165, 1.54) is 11.3 Å². The molecule has 0 aliphatic carbocycles. The molecule has 3 aromatic carbocycles. The number of benzene rings is 3. The lowest BCUT2D eigenvalue weighted by Crippen LogP contribution is -2.40. The number of fused-ring (bicyclic) bond motifs is 2. The van der Waals surface area contributed by atoms with Crippen molar-refractivity contribution in [2.45, 2.75) is 19.9 Å². The van der Waals surface area contributed by atoms with Gasteiger partial charge in [-0.25, -0.2) is 9.79 Å². The van der Waals surface area contributed by atoms with Crippen LogP contribution >= 0.6 is 27.3 Å². The summed E-state index contributed by atoms with van der Waals surface area (Å²) in [6.45, 7) is 3.78. The monoisotopic (exact) mass is 598 g/mol. The first-order valence-corrected chi connectivity index (χ1v) is 14.1. The van der Waals surface area contributed by atoms with E-state index in [4.69, 9.17) is 9.15 Å². The van der Waals surface area contributed by atoms with Gasteiger partial charge in [-0.1, -0.05) is 81.9 Å². The number of rotatable bonds is 5. The lowest BCUT2D eigenvalue weighted by atomic mass is 9.91. The zero-order valence-electron chi connectivity index (χ0n) is 21.2. The number of hydrogen-bond donors (Lipinski definition) is 0. The molecule has 6 rings (SSSR count). The number of esters is 1. The van der Waals surface area contributed by atoms with Crippen LogP contribution in [0.3, 0.4) is 0 Å². The van der Waals surface area contributed by atoms with Crippen LogP contribution in [0.25, 0.3) is 28.2 Å². The number of thiazole rings is 1. The van der Waals surface area contributed by atoms with Crippen molar-refractivity contribution in [1.82, 2.24) is 4.57 Å². The molecule has 0 N–H and O–H groups in total. The first-order chi connectivity index (χ1) is 18.9. The van der Waals surface area contributed by atoms with Gasteiger partial charge in [0.1, 0.15) is 11.5 Å². The maximum Gasteiger partial charge on any atom is 0.338 e. The molecule has 8 heteroatoms. The topological polar surface area (TPSA) is 73.8 Å². The fraction of sp³-hybridized carbons (Fsp3) is 0.129. The SMILES string of the molecule is CCOC(=O)C1=C(C)N=c2sc(=Cc3ccc(-c4ccc(Br)cc4)o3)c(=O)n2C1c1cccc2ccccc12. The molecule has 1 unspecified atom stereocenters. The van der Waals surface area contributed by atoms with Crippen LogP contribution in [0.5, 0.6) is 0 Å². The van der Waals surface area contributed by atoms with E-state index in [1.807, 2.05) is 78.9 Å². The number of aromatic nitrogens is 1. The summed E-state index contributed by atoms with van der Waals surface area (Å²) in [5.74, 6) is 0.785. The van der Waals surface area contributed by atoms with E-state index in [0.29, 0.717) is 32.1 Å². The maximum absolute atomic E-state index is 13.9. The molecular weight excluding hydrogens is 576 g/mol. The van der Waals surface area contributed by atoms with Gasteiger partial charge >= 0.3 is 5.97 Å². The molecule has 0 saturated carbocycles. The Morgan fingerprint density at radius 1 is 1.08 bits per heavy atom. The minimum atomic E-state index is -0.677. The van der Waals surface area contributed by atoms with Crippen LogP contribution in [0.4, 0.5) is 0 Å². The number of nitrogens with zero attached hydrogens (tertiary/aromatic N) is 2. The number of furan rings is 1. The fourth-order valence-corrected chi connectivity index (χ4v) is 6.19. The summed E-state index contributed by atoms with van der Waals surface area (Å²) in [5, 5.41) is 1.98. The van der Waals surface area contributed by atoms with E-state index in [9.17, 15) is 9.59 Å². The first-order valence-electron chi connectivity index (χ1n) is 12.5. The molecule has 0 saturated heterocycles. The van der Waals surface area contributed by atoms with Gasteiger partial charge in [-0.3, -0.25) is 9.36 Å². The third-order valence-corrected chi connectivity index (χ3v) is 8.18. The Balaban J connectivity index is 1.53. The molecule has 5 aromatic rings. The lowest BCUT2D eigenvalue weighted by Gasteiger charge is -2.25. The van der Waals surface area contributed by atoms with Crippen LogP contribution in [0.2, 0.25) is 0 Å². The molecule has 1 atom stereocenters. The molecule has 0 spiro atoms. The molecule has 194 valence electrons. The van der Waals surface area contributed by atoms with Gasteiger partial charge in [0, 0.05) is 16.1 Å². The summed E-state index contributed by atoms with van der Waals surface area (Å²) in [5.41, 5.74) is 2.43. The Hall–Kier alpha value is -4.01. The second-order valence-electron chi connectivity index (χ2n) is 9.08. The van der Waals surface area contributed by atoms with Crippen molar-refractivity contribution in [2.24, 2.45) is 4.99 Å². The van der Waals surface area contributed by atoms with Crippen LogP contribution in [0, 0.1) is 0 Å². The molecule has 1 aliphatic heterocycles. The number of halogens is 1. The van der Waals surface area contributed by atoms with Crippen LogP contribution < -0.4 is 14.9 Å². The summed E-state index contributed by atoms with van der Waals surface area (Å²) in [7, 11) is 0. The van der Waals surface area contributed by atoms with Gasteiger partial charge in [0.25, 0.3) is 5.56 Å². The number of ether oxygens (including phenoxy) is 1. The normalized spacial score (nSPS) is 15.4. The summed E-state index contributed by atoms with van der Waals surface area (Å²) in [6, 6.07) is 24.7. The molecule has 0 radical (unpaired) electrons. The Morgan fingerprint density at radius 2 is 1.85 bits per heavy atom. The minimum absolute atomic E-state index is 0.224. The average Bonchev–Trinajstić information content (AvgIpc) is 3.52. The van der Waals surface area contributed by atoms with Gasteiger partial charge in [0.2, 0.25) is 0 Å². The number of hydrogen-bond acceptors (Lipinski definition) is 6. The van der Waals surface area contributed by atoms with Crippen molar-refractivity contribution < 1.29 is 13.9 Å². The van der Waals surface area contributed by atoms with Gasteiger partial charge in [-0.2, -0.15) is 0 Å². The minimum Gasteiger partial charge on any atom is -0.463 e. The second-order valence-corrected chi connectivity index (χ2v) is 11.0. The van der Waals surface area contributed by atoms with Gasteiger partial charge in [0.15, 0.2) is 4.80 Å². The highest BCUT2D eigenvalue weighted by molar-refractivity contribution is 9.10. The van der Waals surface area contributed by atoms with Gasteiger partial charge in [-0.05, 0) is 54.4 Å². The van der Waals surface area contributed by atoms with Gasteiger partial charge < -0.3 is 9.15 Å². The third kappa shape index (κ3) is 4.60. The van der Waals surface area contributed by atoms with E-state index >= 15 is 0 Å². The predicted molar refractivity (Wildman–Crippen MR) is 156 cm³/mol. The Bertz CT molecular complexity index is 1940. The fourth-order valence-electron chi connectivity index (χ4n) is 4.90. The number of allylic oxidation sites excluding steroid dienone is 1. The highest BCUT2D eigenvalue weighted by atomic mass is 79.9. The molecule has 1 aliphatic rings. The van der Waals surface area contributed by atoms with Crippen LogP contribution in [-0.4, -0.2) is 17.1 Å². The highest BCUT2D eigenvalue weighted by Crippen LogP contribution is 2.35. The molecular formula is C31H23BrN2O4S. The van der Waals surface area contributed by atoms with Crippen molar-refractivity contribution in [3.63, 3.8) is 0 Å². The maximum atomic E-state index is 13.9. The Kier molecular flexibility index (Phi) is 6.66. The average molecular weight is 600 g/mol. The third-order valence-electron chi connectivity index (χ3n) is 6.66. The van der Waals surface area contributed by atoms with Crippen molar-refractivity contribution in [3.8, 4) is 11.3 Å². The van der Waals surface area contributed by atoms with E-state index in [-0.39, 0.29) is 12.2 Å². The van der Waals surface area contributed by atoms with Gasteiger partial charge in [0.05, 0.1) is 28.5 Å². The van der Waals surface area contributed by atoms with E-state index < -0.39 is 12.0 Å².